The van der Waals surface area contributed by atoms with Crippen LogP contribution in [0.4, 0.5) is 0 Å². The van der Waals surface area contributed by atoms with E-state index in [1.807, 2.05) is 6.92 Å². The van der Waals surface area contributed by atoms with Crippen LogP contribution >= 0.6 is 0 Å². The molecule has 0 saturated heterocycles. The van der Waals surface area contributed by atoms with E-state index < -0.39 is 0 Å². The van der Waals surface area contributed by atoms with Gasteiger partial charge in [0.25, 0.3) is 0 Å². The van der Waals surface area contributed by atoms with Crippen molar-refractivity contribution in [1.82, 2.24) is 0 Å². The maximum Gasteiger partial charge on any atom is 0.211 e. The minimum Gasteiger partial charge on any atom is -0.369 e. The summed E-state index contributed by atoms with van der Waals surface area (Å²) in [5.41, 5.74) is 9.91. The molecule has 0 aliphatic rings. The van der Waals surface area contributed by atoms with E-state index in [0.29, 0.717) is 0 Å². The van der Waals surface area contributed by atoms with Gasteiger partial charge in [0.05, 0.1) is 0 Å². The third kappa shape index (κ3) is 6.72. The second-order valence-electron chi connectivity index (χ2n) is 1.37. The van der Waals surface area contributed by atoms with Gasteiger partial charge in [0, 0.05) is 5.87 Å². The zero-order valence-electron chi connectivity index (χ0n) is 5.33. The number of nitrogens with zero attached hydrogens (tertiary/aromatic N) is 2. The maximum absolute atomic E-state index is 4.95. The highest BCUT2D eigenvalue weighted by Gasteiger charge is 1.68. The molecule has 0 aromatic rings. The molecule has 0 aliphatic heterocycles. The normalized spacial score (nSPS) is 7.22. The highest BCUT2D eigenvalue weighted by molar-refractivity contribution is 5.75. The largest absolute Gasteiger partial charge is 0.369 e. The lowest BCUT2D eigenvalue weighted by atomic mass is 10.5. The van der Waals surface area contributed by atoms with E-state index >= 15 is 0 Å². The molecule has 0 unspecified atom stereocenters. The lowest BCUT2D eigenvalue weighted by molar-refractivity contribution is 1.20. The molecule has 4 nitrogen and oxygen atoms in total. The van der Waals surface area contributed by atoms with Crippen LogP contribution in [0, 0.1) is 0 Å². The number of hydrogen-bond acceptors (Lipinski definition) is 2. The van der Waals surface area contributed by atoms with Crippen LogP contribution in [0.15, 0.2) is 16.3 Å². The predicted molar refractivity (Wildman–Crippen MR) is 38.1 cm³/mol. The van der Waals surface area contributed by atoms with E-state index in [0.717, 1.165) is 6.42 Å². The van der Waals surface area contributed by atoms with Crippen molar-refractivity contribution in [2.45, 2.75) is 13.3 Å². The van der Waals surface area contributed by atoms with Gasteiger partial charge in [0.2, 0.25) is 5.96 Å². The molecule has 0 heterocycles. The van der Waals surface area contributed by atoms with Crippen molar-refractivity contribution in [3.05, 3.63) is 6.08 Å². The summed E-state index contributed by atoms with van der Waals surface area (Å²) < 4.78 is 0. The number of rotatable bonds is 2. The molecule has 50 valence electrons. The summed E-state index contributed by atoms with van der Waals surface area (Å²) in [4.78, 5) is 0. The fraction of sp³-hybridized carbons (Fsp3) is 0.400. The highest BCUT2D eigenvalue weighted by Crippen LogP contribution is 1.70. The molecular formula is C5H10N4. The van der Waals surface area contributed by atoms with Crippen molar-refractivity contribution in [2.24, 2.45) is 21.7 Å². The summed E-state index contributed by atoms with van der Waals surface area (Å²) in [6, 6.07) is 0. The standard InChI is InChI=1S/C5H10N4/c1-2-3-4-8-9-5(6)7/h3H,2H2,1H3,(H4,6,7,9). The summed E-state index contributed by atoms with van der Waals surface area (Å²) in [6.07, 6.45) is 2.61. The third-order valence-corrected chi connectivity index (χ3v) is 0.519. The molecule has 0 atom stereocenters. The second kappa shape index (κ2) is 4.87. The van der Waals surface area contributed by atoms with Crippen LogP contribution in [0.5, 0.6) is 0 Å². The van der Waals surface area contributed by atoms with Crippen molar-refractivity contribution in [2.75, 3.05) is 0 Å². The minimum atomic E-state index is -0.0491. The van der Waals surface area contributed by atoms with Crippen molar-refractivity contribution >= 4 is 11.8 Å². The quantitative estimate of drug-likeness (QED) is 0.305. The smallest absolute Gasteiger partial charge is 0.211 e. The van der Waals surface area contributed by atoms with Crippen LogP contribution in [-0.4, -0.2) is 11.8 Å². The molecule has 0 aromatic heterocycles. The fourth-order valence-corrected chi connectivity index (χ4v) is 0.219. The van der Waals surface area contributed by atoms with E-state index in [4.69, 9.17) is 11.5 Å². The van der Waals surface area contributed by atoms with E-state index in [1.54, 1.807) is 6.08 Å². The number of allylic oxidation sites excluding steroid dienone is 1. The van der Waals surface area contributed by atoms with Gasteiger partial charge >= 0.3 is 0 Å². The van der Waals surface area contributed by atoms with Gasteiger partial charge in [-0.1, -0.05) is 6.92 Å². The van der Waals surface area contributed by atoms with E-state index in [9.17, 15) is 0 Å². The lowest BCUT2D eigenvalue weighted by Crippen LogP contribution is -2.21. The van der Waals surface area contributed by atoms with Crippen LogP contribution in [0.3, 0.4) is 0 Å². The molecule has 0 radical (unpaired) electrons. The topological polar surface area (TPSA) is 76.8 Å². The summed E-state index contributed by atoms with van der Waals surface area (Å²) in [5.74, 6) is 2.47. The molecule has 0 fully saturated rings. The average Bonchev–Trinajstić information content (AvgIpc) is 1.80. The van der Waals surface area contributed by atoms with Crippen LogP contribution < -0.4 is 11.5 Å². The first-order valence-corrected chi connectivity index (χ1v) is 2.63. The summed E-state index contributed by atoms with van der Waals surface area (Å²) in [6.45, 7) is 1.97. The van der Waals surface area contributed by atoms with Crippen molar-refractivity contribution in [1.29, 1.82) is 0 Å². The van der Waals surface area contributed by atoms with Gasteiger partial charge in [-0.3, -0.25) is 0 Å². The molecule has 0 aliphatic carbocycles. The SMILES string of the molecule is CCC=C=NN=C(N)N. The molecule has 0 bridgehead atoms. The van der Waals surface area contributed by atoms with Crippen LogP contribution in [0.2, 0.25) is 0 Å². The Morgan fingerprint density at radius 2 is 2.33 bits per heavy atom. The zero-order valence-corrected chi connectivity index (χ0v) is 5.33. The van der Waals surface area contributed by atoms with E-state index in [2.05, 4.69) is 16.1 Å². The molecule has 0 amide bonds. The van der Waals surface area contributed by atoms with Crippen LogP contribution in [-0.2, 0) is 0 Å². The maximum atomic E-state index is 4.95. The van der Waals surface area contributed by atoms with Gasteiger partial charge in [0.15, 0.2) is 0 Å². The Hall–Kier alpha value is -1.28. The molecule has 0 saturated carbocycles. The van der Waals surface area contributed by atoms with E-state index in [-0.39, 0.29) is 5.96 Å². The third-order valence-electron chi connectivity index (χ3n) is 0.519. The Balaban J connectivity index is 3.73. The van der Waals surface area contributed by atoms with Crippen LogP contribution in [0.1, 0.15) is 13.3 Å². The van der Waals surface area contributed by atoms with E-state index in [1.165, 1.54) is 0 Å². The number of guanidine groups is 1. The van der Waals surface area contributed by atoms with Crippen molar-refractivity contribution in [3.8, 4) is 0 Å². The van der Waals surface area contributed by atoms with Gasteiger partial charge in [0.1, 0.15) is 0 Å². The van der Waals surface area contributed by atoms with Gasteiger partial charge in [-0.25, -0.2) is 0 Å². The monoisotopic (exact) mass is 126 g/mol. The number of nitrogens with two attached hydrogens (primary N) is 2. The Kier molecular flexibility index (Phi) is 4.18. The molecule has 9 heavy (non-hydrogen) atoms. The Morgan fingerprint density at radius 1 is 1.67 bits per heavy atom. The first-order chi connectivity index (χ1) is 4.27. The predicted octanol–water partition coefficient (Wildman–Crippen LogP) is -0.189. The highest BCUT2D eigenvalue weighted by atomic mass is 15.2. The molecule has 0 rings (SSSR count). The average molecular weight is 126 g/mol. The Morgan fingerprint density at radius 3 is 2.78 bits per heavy atom. The minimum absolute atomic E-state index is 0.0491. The van der Waals surface area contributed by atoms with Gasteiger partial charge in [-0.05, 0) is 12.5 Å². The molecule has 0 aromatic carbocycles. The molecule has 4 N–H and O–H groups in total. The molecule has 4 heteroatoms. The van der Waals surface area contributed by atoms with Gasteiger partial charge in [-0.2, -0.15) is 0 Å². The first-order valence-electron chi connectivity index (χ1n) is 2.63. The molecular weight excluding hydrogens is 116 g/mol. The van der Waals surface area contributed by atoms with Crippen LogP contribution in [0.25, 0.3) is 0 Å². The first kappa shape index (κ1) is 7.72. The fourth-order valence-electron chi connectivity index (χ4n) is 0.219. The summed E-state index contributed by atoms with van der Waals surface area (Å²) in [5, 5.41) is 6.71. The zero-order chi connectivity index (χ0) is 7.11. The van der Waals surface area contributed by atoms with Gasteiger partial charge in [-0.15, -0.1) is 10.2 Å². The summed E-state index contributed by atoms with van der Waals surface area (Å²) >= 11 is 0. The van der Waals surface area contributed by atoms with Crippen molar-refractivity contribution < 1.29 is 0 Å². The Labute approximate surface area is 53.9 Å². The second-order valence-corrected chi connectivity index (χ2v) is 1.37. The number of hydrogen-bond donors (Lipinski definition) is 2. The lowest BCUT2D eigenvalue weighted by Gasteiger charge is -1.78. The van der Waals surface area contributed by atoms with Gasteiger partial charge < -0.3 is 11.5 Å². The van der Waals surface area contributed by atoms with Crippen molar-refractivity contribution in [3.63, 3.8) is 0 Å². The summed E-state index contributed by atoms with van der Waals surface area (Å²) in [7, 11) is 0. The Bertz CT molecular complexity index is 148. The molecule has 0 spiro atoms.